The molecule has 1 unspecified atom stereocenters. The number of aliphatic hydroxyl groups is 1. The number of aliphatic hydroxyl groups excluding tert-OH is 1. The van der Waals surface area contributed by atoms with Crippen molar-refractivity contribution in [2.45, 2.75) is 18.9 Å². The van der Waals surface area contributed by atoms with Gasteiger partial charge in [-0.1, -0.05) is 0 Å². The third kappa shape index (κ3) is 4.02. The lowest BCUT2D eigenvalue weighted by atomic mass is 10.0. The van der Waals surface area contributed by atoms with Crippen molar-refractivity contribution in [2.24, 2.45) is 0 Å². The standard InChI is InChI=1S/C17H23N3O5/c1-24-17(23)20-6-2-3-12-9-13(4-5-15(12)20)18-16(22)19-7-8-25-11-14(21)10-19/h4-5,9,14,21H,2-3,6-8,10-11H2,1H3,(H,18,22). The van der Waals surface area contributed by atoms with Gasteiger partial charge in [-0.15, -0.1) is 0 Å². The van der Waals surface area contributed by atoms with Crippen LogP contribution in [-0.4, -0.2) is 68.2 Å². The van der Waals surface area contributed by atoms with Crippen LogP contribution in [0.4, 0.5) is 21.0 Å². The Morgan fingerprint density at radius 1 is 1.36 bits per heavy atom. The molecule has 8 heteroatoms. The number of β-amino-alcohol motifs (C(OH)–C–C–N with tert-alkyl or cyclic N) is 1. The number of urea groups is 1. The second-order valence-corrected chi connectivity index (χ2v) is 6.17. The van der Waals surface area contributed by atoms with Gasteiger partial charge in [-0.2, -0.15) is 0 Å². The number of benzene rings is 1. The Hall–Kier alpha value is -2.32. The van der Waals surface area contributed by atoms with E-state index in [2.05, 4.69) is 5.32 Å². The minimum atomic E-state index is -0.676. The van der Waals surface area contributed by atoms with Crippen molar-refractivity contribution in [3.8, 4) is 0 Å². The summed E-state index contributed by atoms with van der Waals surface area (Å²) in [5, 5.41) is 12.6. The lowest BCUT2D eigenvalue weighted by molar-refractivity contribution is 0.0575. The number of nitrogens with one attached hydrogen (secondary N) is 1. The van der Waals surface area contributed by atoms with Gasteiger partial charge in [-0.05, 0) is 36.6 Å². The highest BCUT2D eigenvalue weighted by molar-refractivity contribution is 5.92. The molecule has 2 aliphatic rings. The number of hydrogen-bond acceptors (Lipinski definition) is 5. The Morgan fingerprint density at radius 3 is 3.00 bits per heavy atom. The summed E-state index contributed by atoms with van der Waals surface area (Å²) in [6, 6.07) is 5.20. The first-order chi connectivity index (χ1) is 12.1. The van der Waals surface area contributed by atoms with Crippen molar-refractivity contribution in [3.63, 3.8) is 0 Å². The minimum absolute atomic E-state index is 0.242. The van der Waals surface area contributed by atoms with Gasteiger partial charge >= 0.3 is 12.1 Å². The molecule has 1 aromatic rings. The van der Waals surface area contributed by atoms with Gasteiger partial charge in [0.2, 0.25) is 0 Å². The van der Waals surface area contributed by atoms with E-state index in [1.165, 1.54) is 12.0 Å². The van der Waals surface area contributed by atoms with Crippen LogP contribution in [0.5, 0.6) is 0 Å². The van der Waals surface area contributed by atoms with Crippen LogP contribution in [0.3, 0.4) is 0 Å². The molecule has 0 aromatic heterocycles. The fourth-order valence-corrected chi connectivity index (χ4v) is 3.15. The fourth-order valence-electron chi connectivity index (χ4n) is 3.15. The number of rotatable bonds is 1. The van der Waals surface area contributed by atoms with Gasteiger partial charge in [0, 0.05) is 18.8 Å². The zero-order chi connectivity index (χ0) is 17.8. The van der Waals surface area contributed by atoms with E-state index in [4.69, 9.17) is 9.47 Å². The SMILES string of the molecule is COC(=O)N1CCCc2cc(NC(=O)N3CCOCC(O)C3)ccc21. The Morgan fingerprint density at radius 2 is 2.20 bits per heavy atom. The van der Waals surface area contributed by atoms with Gasteiger partial charge in [0.1, 0.15) is 0 Å². The zero-order valence-corrected chi connectivity index (χ0v) is 14.2. The summed E-state index contributed by atoms with van der Waals surface area (Å²) >= 11 is 0. The molecule has 8 nitrogen and oxygen atoms in total. The summed E-state index contributed by atoms with van der Waals surface area (Å²) in [7, 11) is 1.37. The first-order valence-corrected chi connectivity index (χ1v) is 8.38. The molecule has 0 aliphatic carbocycles. The third-order valence-electron chi connectivity index (χ3n) is 4.38. The number of anilines is 2. The van der Waals surface area contributed by atoms with Crippen LogP contribution in [0.15, 0.2) is 18.2 Å². The van der Waals surface area contributed by atoms with Crippen LogP contribution in [0.25, 0.3) is 0 Å². The summed E-state index contributed by atoms with van der Waals surface area (Å²) in [5.41, 5.74) is 2.47. The quantitative estimate of drug-likeness (QED) is 0.800. The van der Waals surface area contributed by atoms with Gasteiger partial charge in [0.25, 0.3) is 0 Å². The van der Waals surface area contributed by atoms with E-state index >= 15 is 0 Å². The van der Waals surface area contributed by atoms with Crippen molar-refractivity contribution in [3.05, 3.63) is 23.8 Å². The summed E-state index contributed by atoms with van der Waals surface area (Å²) in [4.78, 5) is 27.4. The highest BCUT2D eigenvalue weighted by atomic mass is 16.5. The average Bonchev–Trinajstić information content (AvgIpc) is 2.85. The average molecular weight is 349 g/mol. The van der Waals surface area contributed by atoms with Crippen LogP contribution in [0.1, 0.15) is 12.0 Å². The van der Waals surface area contributed by atoms with Crippen molar-refractivity contribution in [2.75, 3.05) is 50.2 Å². The smallest absolute Gasteiger partial charge is 0.414 e. The topological polar surface area (TPSA) is 91.3 Å². The van der Waals surface area contributed by atoms with Crippen LogP contribution >= 0.6 is 0 Å². The summed E-state index contributed by atoms with van der Waals surface area (Å²) in [6.45, 7) is 1.95. The molecular formula is C17H23N3O5. The van der Waals surface area contributed by atoms with Crippen molar-refractivity contribution in [1.82, 2.24) is 4.90 Å². The molecule has 0 spiro atoms. The Labute approximate surface area is 146 Å². The molecule has 2 N–H and O–H groups in total. The van der Waals surface area contributed by atoms with Crippen molar-refractivity contribution in [1.29, 1.82) is 0 Å². The van der Waals surface area contributed by atoms with Gasteiger partial charge in [0.15, 0.2) is 0 Å². The van der Waals surface area contributed by atoms with Crippen molar-refractivity contribution >= 4 is 23.5 Å². The molecule has 3 rings (SSSR count). The number of methoxy groups -OCH3 is 1. The lowest BCUT2D eigenvalue weighted by Gasteiger charge is -2.29. The maximum atomic E-state index is 12.4. The number of carbonyl (C=O) groups excluding carboxylic acids is 2. The molecule has 1 fully saturated rings. The molecule has 1 atom stereocenters. The Balaban J connectivity index is 1.71. The Kier molecular flexibility index (Phi) is 5.40. The zero-order valence-electron chi connectivity index (χ0n) is 14.2. The molecule has 2 heterocycles. The van der Waals surface area contributed by atoms with E-state index in [-0.39, 0.29) is 25.3 Å². The largest absolute Gasteiger partial charge is 0.452 e. The number of ether oxygens (including phenoxy) is 2. The monoisotopic (exact) mass is 349 g/mol. The van der Waals surface area contributed by atoms with Crippen LogP contribution in [-0.2, 0) is 15.9 Å². The number of fused-ring (bicyclic) bond motifs is 1. The molecule has 3 amide bonds. The minimum Gasteiger partial charge on any atom is -0.452 e. The predicted molar refractivity (Wildman–Crippen MR) is 91.9 cm³/mol. The highest BCUT2D eigenvalue weighted by Crippen LogP contribution is 2.30. The number of carbonyl (C=O) groups is 2. The molecule has 136 valence electrons. The van der Waals surface area contributed by atoms with Gasteiger partial charge in [-0.25, -0.2) is 9.59 Å². The second-order valence-electron chi connectivity index (χ2n) is 6.17. The van der Waals surface area contributed by atoms with Crippen LogP contribution < -0.4 is 10.2 Å². The first kappa shape index (κ1) is 17.5. The van der Waals surface area contributed by atoms with Gasteiger partial charge in [-0.3, -0.25) is 4.90 Å². The van der Waals surface area contributed by atoms with Gasteiger partial charge in [0.05, 0.1) is 38.7 Å². The maximum absolute atomic E-state index is 12.4. The van der Waals surface area contributed by atoms with Crippen LogP contribution in [0.2, 0.25) is 0 Å². The van der Waals surface area contributed by atoms with E-state index in [0.717, 1.165) is 24.1 Å². The molecule has 1 aromatic carbocycles. The van der Waals surface area contributed by atoms with Crippen molar-refractivity contribution < 1.29 is 24.2 Å². The fraction of sp³-hybridized carbons (Fsp3) is 0.529. The highest BCUT2D eigenvalue weighted by Gasteiger charge is 2.24. The molecule has 1 saturated heterocycles. The molecule has 0 radical (unpaired) electrons. The third-order valence-corrected chi connectivity index (χ3v) is 4.38. The number of hydrogen-bond donors (Lipinski definition) is 2. The second kappa shape index (κ2) is 7.71. The molecular weight excluding hydrogens is 326 g/mol. The summed E-state index contributed by atoms with van der Waals surface area (Å²) < 4.78 is 10.1. The first-order valence-electron chi connectivity index (χ1n) is 8.38. The van der Waals surface area contributed by atoms with E-state index in [1.54, 1.807) is 11.0 Å². The van der Waals surface area contributed by atoms with E-state index < -0.39 is 6.10 Å². The normalized spacial score (nSPS) is 20.5. The van der Waals surface area contributed by atoms with Crippen LogP contribution in [0, 0.1) is 0 Å². The molecule has 0 saturated carbocycles. The molecule has 2 aliphatic heterocycles. The van der Waals surface area contributed by atoms with Gasteiger partial charge < -0.3 is 24.8 Å². The predicted octanol–water partition coefficient (Wildman–Crippen LogP) is 1.43. The number of nitrogens with zero attached hydrogens (tertiary/aromatic N) is 2. The van der Waals surface area contributed by atoms with E-state index in [0.29, 0.717) is 25.4 Å². The molecule has 0 bridgehead atoms. The molecule has 25 heavy (non-hydrogen) atoms. The maximum Gasteiger partial charge on any atom is 0.414 e. The van der Waals surface area contributed by atoms with E-state index in [1.807, 2.05) is 12.1 Å². The number of aryl methyl sites for hydroxylation is 1. The summed E-state index contributed by atoms with van der Waals surface area (Å²) in [5.74, 6) is 0. The summed E-state index contributed by atoms with van der Waals surface area (Å²) in [6.07, 6.45) is 0.625. The lowest BCUT2D eigenvalue weighted by Crippen LogP contribution is -2.40. The van der Waals surface area contributed by atoms with E-state index in [9.17, 15) is 14.7 Å². The Bertz CT molecular complexity index is 651. The number of amides is 3.